The predicted octanol–water partition coefficient (Wildman–Crippen LogP) is 0.779. The number of ether oxygens (including phenoxy) is 2. The maximum absolute atomic E-state index is 11.1. The molecule has 1 aliphatic heterocycles. The maximum atomic E-state index is 11.1. The SMILES string of the molecule is CCOC1OC(=O)C=C1c1cccnn1. The van der Waals surface area contributed by atoms with E-state index >= 15 is 0 Å². The quantitative estimate of drug-likeness (QED) is 0.684. The zero-order valence-corrected chi connectivity index (χ0v) is 8.21. The minimum atomic E-state index is -0.654. The number of cyclic esters (lactones) is 1. The monoisotopic (exact) mass is 206 g/mol. The van der Waals surface area contributed by atoms with Crippen LogP contribution < -0.4 is 0 Å². The van der Waals surface area contributed by atoms with Crippen LogP contribution in [0.15, 0.2) is 24.4 Å². The van der Waals surface area contributed by atoms with Crippen LogP contribution in [-0.2, 0) is 14.3 Å². The van der Waals surface area contributed by atoms with E-state index in [2.05, 4.69) is 10.2 Å². The third kappa shape index (κ3) is 2.02. The Balaban J connectivity index is 2.27. The standard InChI is InChI=1S/C10H10N2O3/c1-2-14-10-7(6-9(13)15-10)8-4-3-5-11-12-8/h3-6,10H,2H2,1H3. The van der Waals surface area contributed by atoms with Crippen LogP contribution in [-0.4, -0.2) is 29.1 Å². The number of carbonyl (C=O) groups excluding carboxylic acids is 1. The second-order valence-electron chi connectivity index (χ2n) is 2.93. The van der Waals surface area contributed by atoms with E-state index in [1.54, 1.807) is 18.3 Å². The van der Waals surface area contributed by atoms with E-state index in [9.17, 15) is 4.79 Å². The van der Waals surface area contributed by atoms with Crippen LogP contribution in [0.1, 0.15) is 12.6 Å². The first-order valence-corrected chi connectivity index (χ1v) is 4.63. The minimum absolute atomic E-state index is 0.408. The first kappa shape index (κ1) is 9.79. The largest absolute Gasteiger partial charge is 0.428 e. The van der Waals surface area contributed by atoms with Crippen molar-refractivity contribution >= 4 is 11.5 Å². The fourth-order valence-electron chi connectivity index (χ4n) is 1.32. The molecule has 0 aromatic carbocycles. The zero-order chi connectivity index (χ0) is 10.7. The van der Waals surface area contributed by atoms with E-state index in [1.165, 1.54) is 6.08 Å². The first-order chi connectivity index (χ1) is 7.31. The summed E-state index contributed by atoms with van der Waals surface area (Å²) in [6.07, 6.45) is 2.29. The molecule has 78 valence electrons. The molecule has 0 N–H and O–H groups in total. The van der Waals surface area contributed by atoms with Crippen LogP contribution in [0.3, 0.4) is 0 Å². The third-order valence-electron chi connectivity index (χ3n) is 1.94. The van der Waals surface area contributed by atoms with Gasteiger partial charge in [-0.15, -0.1) is 0 Å². The zero-order valence-electron chi connectivity index (χ0n) is 8.21. The second-order valence-corrected chi connectivity index (χ2v) is 2.93. The van der Waals surface area contributed by atoms with Gasteiger partial charge >= 0.3 is 5.97 Å². The van der Waals surface area contributed by atoms with Gasteiger partial charge in [0.15, 0.2) is 0 Å². The van der Waals surface area contributed by atoms with Crippen molar-refractivity contribution in [3.05, 3.63) is 30.1 Å². The molecule has 0 saturated carbocycles. The van der Waals surface area contributed by atoms with Crippen LogP contribution in [0.2, 0.25) is 0 Å². The maximum Gasteiger partial charge on any atom is 0.333 e. The second kappa shape index (κ2) is 4.18. The van der Waals surface area contributed by atoms with Crippen molar-refractivity contribution in [1.29, 1.82) is 0 Å². The van der Waals surface area contributed by atoms with Gasteiger partial charge in [-0.25, -0.2) is 4.79 Å². The highest BCUT2D eigenvalue weighted by molar-refractivity contribution is 5.96. The molecule has 1 aromatic heterocycles. The highest BCUT2D eigenvalue weighted by Crippen LogP contribution is 2.24. The van der Waals surface area contributed by atoms with E-state index in [1.807, 2.05) is 6.92 Å². The van der Waals surface area contributed by atoms with Crippen LogP contribution in [0.25, 0.3) is 5.57 Å². The normalized spacial score (nSPS) is 19.9. The van der Waals surface area contributed by atoms with Crippen molar-refractivity contribution in [2.45, 2.75) is 13.2 Å². The van der Waals surface area contributed by atoms with Gasteiger partial charge in [-0.3, -0.25) is 0 Å². The van der Waals surface area contributed by atoms with E-state index in [-0.39, 0.29) is 0 Å². The van der Waals surface area contributed by atoms with Gasteiger partial charge in [0.05, 0.1) is 11.3 Å². The average molecular weight is 206 g/mol. The number of rotatable bonds is 3. The first-order valence-electron chi connectivity index (χ1n) is 4.63. The molecule has 0 saturated heterocycles. The molecule has 2 rings (SSSR count). The van der Waals surface area contributed by atoms with E-state index in [0.717, 1.165) is 0 Å². The molecule has 0 aliphatic carbocycles. The molecule has 0 amide bonds. The Labute approximate surface area is 86.7 Å². The van der Waals surface area contributed by atoms with Gasteiger partial charge in [0.1, 0.15) is 0 Å². The van der Waals surface area contributed by atoms with E-state index < -0.39 is 12.3 Å². The Morgan fingerprint density at radius 2 is 2.47 bits per heavy atom. The Kier molecular flexibility index (Phi) is 2.73. The molecule has 5 heteroatoms. The lowest BCUT2D eigenvalue weighted by molar-refractivity contribution is -0.156. The lowest BCUT2D eigenvalue weighted by Gasteiger charge is -2.12. The number of carbonyl (C=O) groups is 1. The van der Waals surface area contributed by atoms with Gasteiger partial charge in [-0.05, 0) is 19.1 Å². The highest BCUT2D eigenvalue weighted by Gasteiger charge is 2.28. The van der Waals surface area contributed by atoms with Gasteiger partial charge in [-0.2, -0.15) is 10.2 Å². The number of hydrogen-bond donors (Lipinski definition) is 0. The predicted molar refractivity (Wildman–Crippen MR) is 51.5 cm³/mol. The van der Waals surface area contributed by atoms with E-state index in [4.69, 9.17) is 9.47 Å². The van der Waals surface area contributed by atoms with Gasteiger partial charge in [0, 0.05) is 18.9 Å². The van der Waals surface area contributed by atoms with Crippen molar-refractivity contribution in [2.24, 2.45) is 0 Å². The summed E-state index contributed by atoms with van der Waals surface area (Å²) >= 11 is 0. The Morgan fingerprint density at radius 3 is 3.13 bits per heavy atom. The lowest BCUT2D eigenvalue weighted by Crippen LogP contribution is -2.16. The molecule has 2 heterocycles. The molecule has 1 aliphatic rings. The summed E-state index contributed by atoms with van der Waals surface area (Å²) in [7, 11) is 0. The highest BCUT2D eigenvalue weighted by atomic mass is 16.7. The number of aromatic nitrogens is 2. The number of nitrogens with zero attached hydrogens (tertiary/aromatic N) is 2. The van der Waals surface area contributed by atoms with Gasteiger partial charge in [0.2, 0.25) is 6.29 Å². The Hall–Kier alpha value is -1.75. The van der Waals surface area contributed by atoms with Crippen molar-refractivity contribution in [1.82, 2.24) is 10.2 Å². The fraction of sp³-hybridized carbons (Fsp3) is 0.300. The fourth-order valence-corrected chi connectivity index (χ4v) is 1.32. The molecule has 15 heavy (non-hydrogen) atoms. The molecule has 1 atom stereocenters. The van der Waals surface area contributed by atoms with E-state index in [0.29, 0.717) is 17.9 Å². The van der Waals surface area contributed by atoms with Gasteiger partial charge in [-0.1, -0.05) is 0 Å². The summed E-state index contributed by atoms with van der Waals surface area (Å²) in [6.45, 7) is 2.30. The molecule has 5 nitrogen and oxygen atoms in total. The van der Waals surface area contributed by atoms with Gasteiger partial charge in [0.25, 0.3) is 0 Å². The molecule has 1 unspecified atom stereocenters. The Bertz CT molecular complexity index is 389. The number of hydrogen-bond acceptors (Lipinski definition) is 5. The van der Waals surface area contributed by atoms with Crippen LogP contribution in [0, 0.1) is 0 Å². The summed E-state index contributed by atoms with van der Waals surface area (Å²) in [5.74, 6) is -0.408. The third-order valence-corrected chi connectivity index (χ3v) is 1.94. The Morgan fingerprint density at radius 1 is 1.60 bits per heavy atom. The van der Waals surface area contributed by atoms with Gasteiger partial charge < -0.3 is 9.47 Å². The molecule has 0 bridgehead atoms. The summed E-state index contributed by atoms with van der Waals surface area (Å²) in [5, 5.41) is 7.63. The van der Waals surface area contributed by atoms with Crippen molar-refractivity contribution in [3.63, 3.8) is 0 Å². The minimum Gasteiger partial charge on any atom is -0.428 e. The topological polar surface area (TPSA) is 61.3 Å². The van der Waals surface area contributed by atoms with Crippen LogP contribution >= 0.6 is 0 Å². The molecule has 0 spiro atoms. The van der Waals surface area contributed by atoms with Crippen molar-refractivity contribution < 1.29 is 14.3 Å². The lowest BCUT2D eigenvalue weighted by atomic mass is 10.2. The average Bonchev–Trinajstić information content (AvgIpc) is 2.62. The molecule has 0 radical (unpaired) electrons. The molecule has 0 fully saturated rings. The molecule has 1 aromatic rings. The van der Waals surface area contributed by atoms with Crippen LogP contribution in [0.5, 0.6) is 0 Å². The van der Waals surface area contributed by atoms with Crippen LogP contribution in [0.4, 0.5) is 0 Å². The molecular weight excluding hydrogens is 196 g/mol. The molecular formula is C10H10N2O3. The van der Waals surface area contributed by atoms with Crippen molar-refractivity contribution in [3.8, 4) is 0 Å². The summed E-state index contributed by atoms with van der Waals surface area (Å²) in [5.41, 5.74) is 1.22. The summed E-state index contributed by atoms with van der Waals surface area (Å²) in [4.78, 5) is 11.1. The summed E-state index contributed by atoms with van der Waals surface area (Å²) in [6, 6.07) is 3.50. The van der Waals surface area contributed by atoms with Crippen molar-refractivity contribution in [2.75, 3.05) is 6.61 Å². The summed E-state index contributed by atoms with van der Waals surface area (Å²) < 4.78 is 10.2. The number of esters is 1. The smallest absolute Gasteiger partial charge is 0.333 e.